The minimum absolute atomic E-state index is 0.711. The lowest BCUT2D eigenvalue weighted by Gasteiger charge is -2.12. The number of hydrogen-bond acceptors (Lipinski definition) is 4. The van der Waals surface area contributed by atoms with Crippen LogP contribution in [0.3, 0.4) is 0 Å². The van der Waals surface area contributed by atoms with Crippen LogP contribution in [0.1, 0.15) is 0 Å². The van der Waals surface area contributed by atoms with E-state index in [1.807, 2.05) is 30.3 Å². The van der Waals surface area contributed by atoms with Crippen LogP contribution in [0.15, 0.2) is 200 Å². The summed E-state index contributed by atoms with van der Waals surface area (Å²) in [4.78, 5) is 20.5. The van der Waals surface area contributed by atoms with Crippen molar-refractivity contribution < 1.29 is 0 Å². The molecule has 266 valence electrons. The van der Waals surface area contributed by atoms with E-state index >= 15 is 0 Å². The maximum absolute atomic E-state index is 5.22. The molecule has 0 unspecified atom stereocenters. The van der Waals surface area contributed by atoms with Crippen molar-refractivity contribution in [1.82, 2.24) is 24.3 Å². The maximum Gasteiger partial charge on any atom is 0.160 e. The first-order chi connectivity index (χ1) is 28.2. The molecule has 5 heteroatoms. The van der Waals surface area contributed by atoms with Crippen LogP contribution in [-0.2, 0) is 0 Å². The predicted octanol–water partition coefficient (Wildman–Crippen LogP) is 13.0. The Bertz CT molecular complexity index is 3240. The fraction of sp³-hybridized carbons (Fsp3) is 0. The second-order valence-corrected chi connectivity index (χ2v) is 14.3. The van der Waals surface area contributed by atoms with Crippen LogP contribution >= 0.6 is 0 Å². The maximum atomic E-state index is 5.22. The van der Waals surface area contributed by atoms with E-state index in [2.05, 4.69) is 175 Å². The van der Waals surface area contributed by atoms with E-state index in [-0.39, 0.29) is 0 Å². The highest BCUT2D eigenvalue weighted by Crippen LogP contribution is 2.37. The van der Waals surface area contributed by atoms with Gasteiger partial charge >= 0.3 is 0 Å². The lowest BCUT2D eigenvalue weighted by Crippen LogP contribution is -1.95. The summed E-state index contributed by atoms with van der Waals surface area (Å²) in [5, 5.41) is 4.29. The van der Waals surface area contributed by atoms with Crippen molar-refractivity contribution in [2.45, 2.75) is 0 Å². The van der Waals surface area contributed by atoms with E-state index in [0.717, 1.165) is 88.7 Å². The molecule has 0 aliphatic carbocycles. The van der Waals surface area contributed by atoms with Crippen LogP contribution in [0, 0.1) is 0 Å². The SMILES string of the molecule is c1ccc(-c2ccc(-c3nc(-c4ccc(-c5ccc(-c6nc7ccccc7c7c6ccn6cc(-c8ccccc8)nc76)cc5)cc4)c4ccccc4n3)cc2)cc1. The molecule has 4 aromatic heterocycles. The van der Waals surface area contributed by atoms with Crippen LogP contribution in [-0.4, -0.2) is 24.3 Å². The van der Waals surface area contributed by atoms with Gasteiger partial charge in [-0.1, -0.05) is 170 Å². The highest BCUT2D eigenvalue weighted by Gasteiger charge is 2.17. The van der Waals surface area contributed by atoms with Crippen molar-refractivity contribution in [2.75, 3.05) is 0 Å². The van der Waals surface area contributed by atoms with Gasteiger partial charge in [-0.3, -0.25) is 0 Å². The molecule has 11 aromatic rings. The minimum atomic E-state index is 0.711. The number of para-hydroxylation sites is 2. The average molecular weight is 728 g/mol. The average Bonchev–Trinajstić information content (AvgIpc) is 3.74. The zero-order chi connectivity index (χ0) is 37.7. The molecular weight excluding hydrogens is 695 g/mol. The first-order valence-corrected chi connectivity index (χ1v) is 19.1. The highest BCUT2D eigenvalue weighted by atomic mass is 15.0. The van der Waals surface area contributed by atoms with E-state index < -0.39 is 0 Å². The molecule has 0 N–H and O–H groups in total. The Balaban J connectivity index is 0.937. The number of imidazole rings is 1. The number of nitrogens with zero attached hydrogens (tertiary/aromatic N) is 5. The Morgan fingerprint density at radius 1 is 0.316 bits per heavy atom. The smallest absolute Gasteiger partial charge is 0.160 e. The van der Waals surface area contributed by atoms with Gasteiger partial charge in [0.05, 0.1) is 28.1 Å². The Hall–Kier alpha value is -7.76. The molecule has 11 rings (SSSR count). The van der Waals surface area contributed by atoms with Crippen LogP contribution in [0.5, 0.6) is 0 Å². The Labute approximate surface area is 329 Å². The second-order valence-electron chi connectivity index (χ2n) is 14.3. The van der Waals surface area contributed by atoms with Crippen molar-refractivity contribution >= 4 is 38.2 Å². The number of pyridine rings is 2. The Kier molecular flexibility index (Phi) is 7.74. The summed E-state index contributed by atoms with van der Waals surface area (Å²) in [7, 11) is 0. The van der Waals surface area contributed by atoms with E-state index in [1.165, 1.54) is 11.1 Å². The summed E-state index contributed by atoms with van der Waals surface area (Å²) in [6.07, 6.45) is 4.20. The molecular formula is C52H33N5. The topological polar surface area (TPSA) is 56.0 Å². The van der Waals surface area contributed by atoms with E-state index in [1.54, 1.807) is 0 Å². The molecule has 0 aliphatic rings. The normalized spacial score (nSPS) is 11.5. The molecule has 0 amide bonds. The molecule has 0 spiro atoms. The third kappa shape index (κ3) is 5.81. The van der Waals surface area contributed by atoms with Crippen molar-refractivity contribution in [3.05, 3.63) is 200 Å². The van der Waals surface area contributed by atoms with Crippen molar-refractivity contribution in [1.29, 1.82) is 0 Å². The number of hydrogen-bond donors (Lipinski definition) is 0. The fourth-order valence-corrected chi connectivity index (χ4v) is 7.95. The predicted molar refractivity (Wildman–Crippen MR) is 234 cm³/mol. The zero-order valence-corrected chi connectivity index (χ0v) is 30.8. The number of rotatable bonds is 6. The first-order valence-electron chi connectivity index (χ1n) is 19.1. The lowest BCUT2D eigenvalue weighted by atomic mass is 9.97. The van der Waals surface area contributed by atoms with Gasteiger partial charge in [0.1, 0.15) is 5.65 Å². The van der Waals surface area contributed by atoms with Crippen LogP contribution in [0.4, 0.5) is 0 Å². The van der Waals surface area contributed by atoms with Gasteiger partial charge in [0, 0.05) is 56.2 Å². The zero-order valence-electron chi connectivity index (χ0n) is 30.8. The van der Waals surface area contributed by atoms with Crippen LogP contribution in [0.2, 0.25) is 0 Å². The molecule has 0 aliphatic heterocycles. The second kappa shape index (κ2) is 13.5. The van der Waals surface area contributed by atoms with Crippen molar-refractivity contribution in [2.24, 2.45) is 0 Å². The van der Waals surface area contributed by atoms with Gasteiger partial charge in [-0.15, -0.1) is 0 Å². The van der Waals surface area contributed by atoms with Crippen LogP contribution < -0.4 is 0 Å². The third-order valence-corrected chi connectivity index (χ3v) is 10.9. The monoisotopic (exact) mass is 727 g/mol. The van der Waals surface area contributed by atoms with E-state index in [9.17, 15) is 0 Å². The van der Waals surface area contributed by atoms with E-state index in [0.29, 0.717) is 5.82 Å². The van der Waals surface area contributed by atoms with Gasteiger partial charge in [-0.05, 0) is 40.5 Å². The number of fused-ring (bicyclic) bond motifs is 6. The minimum Gasteiger partial charge on any atom is -0.306 e. The standard InChI is InChI=1S/C52H33N5/c1-3-11-34(12-4-1)35-23-29-41(30-24-35)51-54-46-18-10-8-16-43(46)49(56-51)39-25-19-36(20-26-39)37-21-27-40(28-22-37)50-44-31-32-57-33-47(38-13-5-2-6-14-38)55-52(57)48(44)42-15-7-9-17-45(42)53-50/h1-33H. The molecule has 0 saturated carbocycles. The summed E-state index contributed by atoms with van der Waals surface area (Å²) >= 11 is 0. The molecule has 0 fully saturated rings. The molecule has 0 bridgehead atoms. The summed E-state index contributed by atoms with van der Waals surface area (Å²) in [5.41, 5.74) is 14.4. The fourth-order valence-electron chi connectivity index (χ4n) is 7.95. The van der Waals surface area contributed by atoms with Crippen LogP contribution in [0.25, 0.3) is 106 Å². The van der Waals surface area contributed by atoms with Gasteiger partial charge in [-0.2, -0.15) is 0 Å². The van der Waals surface area contributed by atoms with Gasteiger partial charge in [0.15, 0.2) is 5.82 Å². The molecule has 7 aromatic carbocycles. The van der Waals surface area contributed by atoms with Gasteiger partial charge in [-0.25, -0.2) is 19.9 Å². The molecule has 0 saturated heterocycles. The highest BCUT2D eigenvalue weighted by molar-refractivity contribution is 6.16. The Morgan fingerprint density at radius 2 is 0.789 bits per heavy atom. The molecule has 5 nitrogen and oxygen atoms in total. The third-order valence-electron chi connectivity index (χ3n) is 10.9. The van der Waals surface area contributed by atoms with Crippen molar-refractivity contribution in [3.8, 4) is 67.4 Å². The summed E-state index contributed by atoms with van der Waals surface area (Å²) in [5.74, 6) is 0.711. The van der Waals surface area contributed by atoms with Crippen molar-refractivity contribution in [3.63, 3.8) is 0 Å². The van der Waals surface area contributed by atoms with Gasteiger partial charge < -0.3 is 4.40 Å². The number of benzene rings is 7. The molecule has 4 heterocycles. The number of aromatic nitrogens is 5. The molecule has 57 heavy (non-hydrogen) atoms. The first kappa shape index (κ1) is 32.7. The molecule has 0 atom stereocenters. The Morgan fingerprint density at radius 3 is 1.42 bits per heavy atom. The summed E-state index contributed by atoms with van der Waals surface area (Å²) in [6.45, 7) is 0. The van der Waals surface area contributed by atoms with Gasteiger partial charge in [0.2, 0.25) is 0 Å². The molecule has 0 radical (unpaired) electrons. The largest absolute Gasteiger partial charge is 0.306 e. The lowest BCUT2D eigenvalue weighted by molar-refractivity contribution is 1.20. The quantitative estimate of drug-likeness (QED) is 0.160. The van der Waals surface area contributed by atoms with Gasteiger partial charge in [0.25, 0.3) is 0 Å². The summed E-state index contributed by atoms with van der Waals surface area (Å²) in [6, 6.07) is 65.4. The van der Waals surface area contributed by atoms with E-state index in [4.69, 9.17) is 19.9 Å². The summed E-state index contributed by atoms with van der Waals surface area (Å²) < 4.78 is 2.13.